The number of carbonyl (C=O) groups excluding carboxylic acids is 2. The lowest BCUT2D eigenvalue weighted by Gasteiger charge is -1.99. The molecule has 1 N–H and O–H groups in total. The lowest BCUT2D eigenvalue weighted by molar-refractivity contribution is -0.124. The van der Waals surface area contributed by atoms with E-state index in [1.807, 2.05) is 13.0 Å². The number of nitrogens with one attached hydrogen (secondary N) is 1. The Morgan fingerprint density at radius 1 is 1.44 bits per heavy atom. The molecule has 0 radical (unpaired) electrons. The summed E-state index contributed by atoms with van der Waals surface area (Å²) in [6.45, 7) is 4.00. The van der Waals surface area contributed by atoms with Gasteiger partial charge in [0.2, 0.25) is 5.91 Å². The van der Waals surface area contributed by atoms with Gasteiger partial charge < -0.3 is 0 Å². The van der Waals surface area contributed by atoms with E-state index in [1.165, 1.54) is 4.88 Å². The fourth-order valence-corrected chi connectivity index (χ4v) is 2.68. The molecule has 2 amide bonds. The molecule has 2 heterocycles. The first-order chi connectivity index (χ1) is 7.61. The Bertz CT molecular complexity index is 485. The van der Waals surface area contributed by atoms with Gasteiger partial charge in [0.1, 0.15) is 0 Å². The van der Waals surface area contributed by atoms with Crippen molar-refractivity contribution in [1.29, 1.82) is 0 Å². The third-order valence-electron chi connectivity index (χ3n) is 2.70. The highest BCUT2D eigenvalue weighted by molar-refractivity contribution is 7.13. The van der Waals surface area contributed by atoms with E-state index in [2.05, 4.69) is 18.3 Å². The predicted molar refractivity (Wildman–Crippen MR) is 64.1 cm³/mol. The molecule has 1 aliphatic rings. The van der Waals surface area contributed by atoms with Crippen molar-refractivity contribution >= 4 is 28.7 Å². The number of aryl methyl sites for hydroxylation is 1. The van der Waals surface area contributed by atoms with Crippen LogP contribution >= 0.6 is 11.3 Å². The maximum atomic E-state index is 11.5. The summed E-state index contributed by atoms with van der Waals surface area (Å²) >= 11 is 1.68. The third kappa shape index (κ3) is 1.93. The second-order valence-corrected chi connectivity index (χ2v) is 4.95. The molecule has 1 saturated heterocycles. The van der Waals surface area contributed by atoms with Crippen LogP contribution in [0, 0.1) is 0 Å². The lowest BCUT2D eigenvalue weighted by Crippen LogP contribution is -2.19. The van der Waals surface area contributed by atoms with Crippen molar-refractivity contribution in [3.8, 4) is 0 Å². The predicted octanol–water partition coefficient (Wildman–Crippen LogP) is 2.13. The van der Waals surface area contributed by atoms with Crippen LogP contribution < -0.4 is 5.32 Å². The molecule has 0 spiro atoms. The quantitative estimate of drug-likeness (QED) is 0.630. The lowest BCUT2D eigenvalue weighted by atomic mass is 10.1. The van der Waals surface area contributed by atoms with Crippen molar-refractivity contribution in [3.05, 3.63) is 27.5 Å². The van der Waals surface area contributed by atoms with Gasteiger partial charge in [-0.1, -0.05) is 6.92 Å². The molecule has 84 valence electrons. The minimum atomic E-state index is -0.242. The second kappa shape index (κ2) is 4.22. The van der Waals surface area contributed by atoms with Crippen molar-refractivity contribution in [1.82, 2.24) is 5.32 Å². The van der Waals surface area contributed by atoms with Gasteiger partial charge in [-0.25, -0.2) is 0 Å². The van der Waals surface area contributed by atoms with Gasteiger partial charge in [0.25, 0.3) is 5.91 Å². The SMILES string of the molecule is CCc1ccc(C(C)=C2CC(=O)NC2=O)s1. The molecule has 0 bridgehead atoms. The van der Waals surface area contributed by atoms with Crippen LogP contribution in [0.1, 0.15) is 30.0 Å². The maximum Gasteiger partial charge on any atom is 0.254 e. The van der Waals surface area contributed by atoms with Crippen molar-refractivity contribution in [2.75, 3.05) is 0 Å². The van der Waals surface area contributed by atoms with E-state index in [0.29, 0.717) is 5.57 Å². The van der Waals surface area contributed by atoms with Crippen LogP contribution in [-0.2, 0) is 16.0 Å². The zero-order valence-corrected chi connectivity index (χ0v) is 10.1. The molecule has 16 heavy (non-hydrogen) atoms. The first-order valence-corrected chi connectivity index (χ1v) is 6.06. The van der Waals surface area contributed by atoms with E-state index in [4.69, 9.17) is 0 Å². The van der Waals surface area contributed by atoms with Crippen molar-refractivity contribution < 1.29 is 9.59 Å². The van der Waals surface area contributed by atoms with Crippen LogP contribution in [0.3, 0.4) is 0 Å². The fourth-order valence-electron chi connectivity index (χ4n) is 1.71. The van der Waals surface area contributed by atoms with Gasteiger partial charge in [-0.3, -0.25) is 14.9 Å². The summed E-state index contributed by atoms with van der Waals surface area (Å²) in [6, 6.07) is 4.08. The molecular weight excluding hydrogens is 222 g/mol. The summed E-state index contributed by atoms with van der Waals surface area (Å²) in [4.78, 5) is 25.0. The third-order valence-corrected chi connectivity index (χ3v) is 4.05. The van der Waals surface area contributed by atoms with Gasteiger partial charge in [-0.2, -0.15) is 0 Å². The van der Waals surface area contributed by atoms with Gasteiger partial charge in [0.05, 0.1) is 6.42 Å². The Labute approximate surface area is 98.2 Å². The number of allylic oxidation sites excluding steroid dienone is 1. The van der Waals surface area contributed by atoms with Crippen LogP contribution in [0.25, 0.3) is 5.57 Å². The molecule has 0 aromatic carbocycles. The zero-order chi connectivity index (χ0) is 11.7. The number of hydrogen-bond acceptors (Lipinski definition) is 3. The summed E-state index contributed by atoms with van der Waals surface area (Å²) < 4.78 is 0. The molecule has 0 aliphatic carbocycles. The minimum Gasteiger partial charge on any atom is -0.292 e. The van der Waals surface area contributed by atoms with Gasteiger partial charge in [-0.05, 0) is 31.1 Å². The topological polar surface area (TPSA) is 46.2 Å². The van der Waals surface area contributed by atoms with Gasteiger partial charge in [0, 0.05) is 15.3 Å². The normalized spacial score (nSPS) is 18.9. The zero-order valence-electron chi connectivity index (χ0n) is 9.29. The Balaban J connectivity index is 2.36. The van der Waals surface area contributed by atoms with Gasteiger partial charge >= 0.3 is 0 Å². The van der Waals surface area contributed by atoms with Crippen molar-refractivity contribution in [3.63, 3.8) is 0 Å². The van der Waals surface area contributed by atoms with E-state index >= 15 is 0 Å². The summed E-state index contributed by atoms with van der Waals surface area (Å²) in [7, 11) is 0. The fraction of sp³-hybridized carbons (Fsp3) is 0.333. The molecule has 3 nitrogen and oxygen atoms in total. The van der Waals surface area contributed by atoms with Crippen molar-refractivity contribution in [2.45, 2.75) is 26.7 Å². The van der Waals surface area contributed by atoms with E-state index in [9.17, 15) is 9.59 Å². The molecule has 4 heteroatoms. The Morgan fingerprint density at radius 2 is 2.19 bits per heavy atom. The minimum absolute atomic E-state index is 0.202. The highest BCUT2D eigenvalue weighted by Crippen LogP contribution is 2.29. The molecule has 1 fully saturated rings. The number of thiophene rings is 1. The van der Waals surface area contributed by atoms with Crippen LogP contribution in [0.15, 0.2) is 17.7 Å². The number of rotatable bonds is 2. The molecule has 0 unspecified atom stereocenters. The van der Waals surface area contributed by atoms with Gasteiger partial charge in [-0.15, -0.1) is 11.3 Å². The Kier molecular flexibility index (Phi) is 2.92. The van der Waals surface area contributed by atoms with E-state index in [1.54, 1.807) is 11.3 Å². The van der Waals surface area contributed by atoms with E-state index < -0.39 is 0 Å². The summed E-state index contributed by atoms with van der Waals surface area (Å²) in [5.74, 6) is -0.444. The first-order valence-electron chi connectivity index (χ1n) is 5.24. The molecule has 1 aromatic rings. The first kappa shape index (κ1) is 11.1. The second-order valence-electron chi connectivity index (χ2n) is 3.78. The van der Waals surface area contributed by atoms with Crippen LogP contribution in [-0.4, -0.2) is 11.8 Å². The molecular formula is C12H13NO2S. The van der Waals surface area contributed by atoms with Crippen LogP contribution in [0.5, 0.6) is 0 Å². The maximum absolute atomic E-state index is 11.5. The Hall–Kier alpha value is -1.42. The average Bonchev–Trinajstić information content (AvgIpc) is 2.84. The molecule has 1 aromatic heterocycles. The number of imide groups is 1. The van der Waals surface area contributed by atoms with Crippen LogP contribution in [0.4, 0.5) is 0 Å². The number of amides is 2. The molecule has 1 aliphatic heterocycles. The molecule has 2 rings (SSSR count). The molecule has 0 atom stereocenters. The molecule has 0 saturated carbocycles. The average molecular weight is 235 g/mol. The highest BCUT2D eigenvalue weighted by Gasteiger charge is 2.26. The standard InChI is InChI=1S/C12H13NO2S/c1-3-8-4-5-10(16-8)7(2)9-6-11(14)13-12(9)15/h4-5H,3,6H2,1-2H3,(H,13,14,15). The van der Waals surface area contributed by atoms with E-state index in [-0.39, 0.29) is 18.2 Å². The summed E-state index contributed by atoms with van der Waals surface area (Å²) in [6.07, 6.45) is 1.21. The smallest absolute Gasteiger partial charge is 0.254 e. The van der Waals surface area contributed by atoms with Crippen LogP contribution in [0.2, 0.25) is 0 Å². The van der Waals surface area contributed by atoms with Crippen molar-refractivity contribution in [2.24, 2.45) is 0 Å². The summed E-state index contributed by atoms with van der Waals surface area (Å²) in [5.41, 5.74) is 1.53. The largest absolute Gasteiger partial charge is 0.292 e. The number of hydrogen-bond donors (Lipinski definition) is 1. The highest BCUT2D eigenvalue weighted by atomic mass is 32.1. The monoisotopic (exact) mass is 235 g/mol. The van der Waals surface area contributed by atoms with E-state index in [0.717, 1.165) is 16.9 Å². The summed E-state index contributed by atoms with van der Waals surface area (Å²) in [5, 5.41) is 2.31. The van der Waals surface area contributed by atoms with Gasteiger partial charge in [0.15, 0.2) is 0 Å². The Morgan fingerprint density at radius 3 is 2.69 bits per heavy atom. The number of carbonyl (C=O) groups is 2.